The second kappa shape index (κ2) is 7.96. The van der Waals surface area contributed by atoms with Crippen molar-refractivity contribution in [1.29, 1.82) is 0 Å². The Morgan fingerprint density at radius 2 is 1.87 bits per heavy atom. The smallest absolute Gasteiger partial charge is 0.256 e. The zero-order valence-corrected chi connectivity index (χ0v) is 19.0. The minimum absolute atomic E-state index is 0.216. The number of rotatable bonds is 4. The van der Waals surface area contributed by atoms with Crippen LogP contribution in [0.5, 0.6) is 0 Å². The number of hydrogen-bond acceptors (Lipinski definition) is 5. The lowest BCUT2D eigenvalue weighted by Crippen LogP contribution is -2.39. The zero-order chi connectivity index (χ0) is 22.3. The number of nitrogens with zero attached hydrogens (tertiary/aromatic N) is 4. The van der Waals surface area contributed by atoms with Crippen LogP contribution in [-0.4, -0.2) is 46.6 Å². The molecule has 1 aliphatic heterocycles. The average molecular weight is 442 g/mol. The van der Waals surface area contributed by atoms with Gasteiger partial charge in [-0.25, -0.2) is 17.9 Å². The van der Waals surface area contributed by atoms with E-state index in [0.29, 0.717) is 17.9 Å². The predicted molar refractivity (Wildman–Crippen MR) is 120 cm³/mol. The molecule has 1 amide bonds. The molecule has 3 heterocycles. The van der Waals surface area contributed by atoms with Crippen LogP contribution >= 0.6 is 0 Å². The number of amides is 1. The Bertz CT molecular complexity index is 1270. The molecule has 1 aliphatic rings. The summed E-state index contributed by atoms with van der Waals surface area (Å²) >= 11 is 0. The van der Waals surface area contributed by atoms with Crippen LogP contribution in [0.1, 0.15) is 58.3 Å². The molecule has 0 saturated carbocycles. The molecule has 2 aromatic heterocycles. The van der Waals surface area contributed by atoms with Crippen LogP contribution in [0.4, 0.5) is 5.69 Å². The number of carbonyl (C=O) groups excluding carboxylic acids is 1. The van der Waals surface area contributed by atoms with Crippen molar-refractivity contribution in [2.45, 2.75) is 46.1 Å². The SMILES string of the molecule is Cc1ccc(NS(C)(=O)=O)c(C(=O)N2CCCC[C@H]2c2nc3cc(C)cc(C)n3n2)c1. The summed E-state index contributed by atoms with van der Waals surface area (Å²) in [6.45, 7) is 6.46. The van der Waals surface area contributed by atoms with Gasteiger partial charge in [-0.1, -0.05) is 11.6 Å². The molecular weight excluding hydrogens is 414 g/mol. The van der Waals surface area contributed by atoms with Crippen molar-refractivity contribution in [2.75, 3.05) is 17.5 Å². The number of aryl methyl sites for hydroxylation is 3. The van der Waals surface area contributed by atoms with Gasteiger partial charge in [0.2, 0.25) is 10.0 Å². The van der Waals surface area contributed by atoms with Crippen LogP contribution in [0.2, 0.25) is 0 Å². The second-order valence-corrected chi connectivity index (χ2v) is 10.1. The molecule has 1 aromatic carbocycles. The normalized spacial score (nSPS) is 17.2. The van der Waals surface area contributed by atoms with Crippen LogP contribution in [-0.2, 0) is 10.0 Å². The Hall–Kier alpha value is -2.94. The molecule has 8 nitrogen and oxygen atoms in total. The van der Waals surface area contributed by atoms with E-state index in [2.05, 4.69) is 4.72 Å². The lowest BCUT2D eigenvalue weighted by molar-refractivity contribution is 0.0601. The van der Waals surface area contributed by atoms with Crippen molar-refractivity contribution >= 4 is 27.3 Å². The summed E-state index contributed by atoms with van der Waals surface area (Å²) in [5, 5.41) is 4.70. The van der Waals surface area contributed by atoms with Crippen molar-refractivity contribution in [3.05, 3.63) is 58.5 Å². The molecule has 3 aromatic rings. The van der Waals surface area contributed by atoms with Gasteiger partial charge >= 0.3 is 0 Å². The molecule has 31 heavy (non-hydrogen) atoms. The van der Waals surface area contributed by atoms with Crippen LogP contribution in [0, 0.1) is 20.8 Å². The third kappa shape index (κ3) is 4.41. The van der Waals surface area contributed by atoms with E-state index in [0.717, 1.165) is 48.0 Å². The van der Waals surface area contributed by atoms with Gasteiger partial charge in [0.25, 0.3) is 5.91 Å². The van der Waals surface area contributed by atoms with Gasteiger partial charge in [0, 0.05) is 12.2 Å². The van der Waals surface area contributed by atoms with Crippen LogP contribution in [0.25, 0.3) is 5.65 Å². The summed E-state index contributed by atoms with van der Waals surface area (Å²) in [4.78, 5) is 20.1. The molecule has 4 rings (SSSR count). The summed E-state index contributed by atoms with van der Waals surface area (Å²) in [5.74, 6) is 0.401. The van der Waals surface area contributed by atoms with Crippen molar-refractivity contribution in [3.8, 4) is 0 Å². The number of pyridine rings is 1. The maximum Gasteiger partial charge on any atom is 0.256 e. The number of fused-ring (bicyclic) bond motifs is 1. The highest BCUT2D eigenvalue weighted by atomic mass is 32.2. The summed E-state index contributed by atoms with van der Waals surface area (Å²) in [6.07, 6.45) is 3.70. The average Bonchev–Trinajstić information content (AvgIpc) is 3.12. The molecule has 9 heteroatoms. The van der Waals surface area contributed by atoms with E-state index < -0.39 is 10.0 Å². The number of piperidine rings is 1. The van der Waals surface area contributed by atoms with Crippen molar-refractivity contribution in [2.24, 2.45) is 0 Å². The fourth-order valence-electron chi connectivity index (χ4n) is 4.19. The van der Waals surface area contributed by atoms with E-state index >= 15 is 0 Å². The van der Waals surface area contributed by atoms with Crippen LogP contribution in [0.15, 0.2) is 30.3 Å². The summed E-state index contributed by atoms with van der Waals surface area (Å²) in [5.41, 5.74) is 4.37. The molecule has 1 atom stereocenters. The van der Waals surface area contributed by atoms with E-state index in [4.69, 9.17) is 10.1 Å². The van der Waals surface area contributed by atoms with E-state index in [1.807, 2.05) is 37.4 Å². The molecule has 0 aliphatic carbocycles. The Labute approximate surface area is 182 Å². The first-order valence-electron chi connectivity index (χ1n) is 10.4. The van der Waals surface area contributed by atoms with Gasteiger partial charge in [-0.3, -0.25) is 9.52 Å². The number of anilines is 1. The highest BCUT2D eigenvalue weighted by Gasteiger charge is 2.33. The van der Waals surface area contributed by atoms with Gasteiger partial charge in [0.05, 0.1) is 23.5 Å². The molecule has 0 spiro atoms. The number of hydrogen-bond donors (Lipinski definition) is 1. The lowest BCUT2D eigenvalue weighted by Gasteiger charge is -2.34. The largest absolute Gasteiger partial charge is 0.328 e. The number of benzene rings is 1. The third-order valence-electron chi connectivity index (χ3n) is 5.54. The fraction of sp³-hybridized carbons (Fsp3) is 0.409. The molecule has 0 radical (unpaired) electrons. The van der Waals surface area contributed by atoms with Crippen molar-refractivity contribution in [3.63, 3.8) is 0 Å². The molecule has 164 valence electrons. The quantitative estimate of drug-likeness (QED) is 0.669. The molecule has 0 unspecified atom stereocenters. The van der Waals surface area contributed by atoms with Gasteiger partial charge in [0.15, 0.2) is 11.5 Å². The first-order valence-corrected chi connectivity index (χ1v) is 12.2. The van der Waals surface area contributed by atoms with Crippen molar-refractivity contribution < 1.29 is 13.2 Å². The minimum atomic E-state index is -3.52. The summed E-state index contributed by atoms with van der Waals surface area (Å²) in [6, 6.07) is 8.92. The highest BCUT2D eigenvalue weighted by Crippen LogP contribution is 2.32. The third-order valence-corrected chi connectivity index (χ3v) is 6.13. The van der Waals surface area contributed by atoms with Crippen LogP contribution in [0.3, 0.4) is 0 Å². The van der Waals surface area contributed by atoms with E-state index in [-0.39, 0.29) is 17.6 Å². The first-order chi connectivity index (χ1) is 14.6. The van der Waals surface area contributed by atoms with Gasteiger partial charge < -0.3 is 4.90 Å². The second-order valence-electron chi connectivity index (χ2n) is 8.35. The summed E-state index contributed by atoms with van der Waals surface area (Å²) < 4.78 is 27.9. The Morgan fingerprint density at radius 3 is 2.61 bits per heavy atom. The summed E-state index contributed by atoms with van der Waals surface area (Å²) in [7, 11) is -3.52. The zero-order valence-electron chi connectivity index (χ0n) is 18.2. The van der Waals surface area contributed by atoms with E-state index in [9.17, 15) is 13.2 Å². The maximum absolute atomic E-state index is 13.6. The van der Waals surface area contributed by atoms with E-state index in [1.54, 1.807) is 23.1 Å². The Morgan fingerprint density at radius 1 is 1.10 bits per heavy atom. The predicted octanol–water partition coefficient (Wildman–Crippen LogP) is 3.39. The Balaban J connectivity index is 1.74. The molecule has 0 bridgehead atoms. The fourth-order valence-corrected chi connectivity index (χ4v) is 4.77. The number of likely N-dealkylation sites (tertiary alicyclic amines) is 1. The number of sulfonamides is 1. The van der Waals surface area contributed by atoms with E-state index in [1.165, 1.54) is 0 Å². The minimum Gasteiger partial charge on any atom is -0.328 e. The van der Waals surface area contributed by atoms with Gasteiger partial charge in [-0.05, 0) is 69.9 Å². The molecule has 1 fully saturated rings. The monoisotopic (exact) mass is 441 g/mol. The number of aromatic nitrogens is 3. The van der Waals surface area contributed by atoms with Gasteiger partial charge in [-0.15, -0.1) is 5.10 Å². The van der Waals surface area contributed by atoms with Crippen molar-refractivity contribution in [1.82, 2.24) is 19.5 Å². The first kappa shape index (κ1) is 21.3. The van der Waals surface area contributed by atoms with Crippen LogP contribution < -0.4 is 4.72 Å². The van der Waals surface area contributed by atoms with Gasteiger partial charge in [0.1, 0.15) is 0 Å². The standard InChI is InChI=1S/C22H27N5O3S/c1-14-8-9-18(25-31(4,29)30)17(12-14)22(28)26-10-6-5-7-19(26)21-23-20-13-15(2)11-16(3)27(20)24-21/h8-9,11-13,19,25H,5-7,10H2,1-4H3/t19-/m0/s1. The highest BCUT2D eigenvalue weighted by molar-refractivity contribution is 7.92. The Kier molecular flexibility index (Phi) is 5.47. The van der Waals surface area contributed by atoms with Gasteiger partial charge in [-0.2, -0.15) is 0 Å². The molecule has 1 N–H and O–H groups in total. The topological polar surface area (TPSA) is 96.7 Å². The maximum atomic E-state index is 13.6. The molecule has 1 saturated heterocycles. The lowest BCUT2D eigenvalue weighted by atomic mass is 9.99. The molecular formula is C22H27N5O3S. The number of nitrogens with one attached hydrogen (secondary N) is 1. The number of carbonyl (C=O) groups is 1.